The molecule has 1 N–H and O–H groups in total. The molecule has 1 aliphatic carbocycles. The van der Waals surface area contributed by atoms with Gasteiger partial charge in [0.05, 0.1) is 6.04 Å². The highest BCUT2D eigenvalue weighted by atomic mass is 32.2. The van der Waals surface area contributed by atoms with Crippen LogP contribution in [0.1, 0.15) is 26.2 Å². The van der Waals surface area contributed by atoms with Crippen molar-refractivity contribution >= 4 is 17.7 Å². The third-order valence-corrected chi connectivity index (χ3v) is 4.86. The summed E-state index contributed by atoms with van der Waals surface area (Å²) in [5.41, 5.74) is 0. The number of allylic oxidation sites excluding steroid dienone is 2. The Morgan fingerprint density at radius 2 is 2.22 bits per heavy atom. The summed E-state index contributed by atoms with van der Waals surface area (Å²) in [5, 5.41) is 3.13. The molecule has 1 heterocycles. The number of rotatable bonds is 4. The fourth-order valence-corrected chi connectivity index (χ4v) is 3.50. The Balaban J connectivity index is 1.71. The molecule has 2 rings (SSSR count). The van der Waals surface area contributed by atoms with E-state index in [-0.39, 0.29) is 11.9 Å². The van der Waals surface area contributed by atoms with Crippen molar-refractivity contribution in [2.24, 2.45) is 5.92 Å². The second-order valence-electron chi connectivity index (χ2n) is 5.22. The molecule has 0 aromatic heterocycles. The number of carbonyl (C=O) groups is 1. The largest absolute Gasteiger partial charge is 0.354 e. The number of thioether (sulfide) groups is 1. The van der Waals surface area contributed by atoms with E-state index in [1.165, 1.54) is 12.8 Å². The van der Waals surface area contributed by atoms with Crippen molar-refractivity contribution in [3.05, 3.63) is 12.2 Å². The molecular formula is C14H24N2OS. The lowest BCUT2D eigenvalue weighted by Crippen LogP contribution is -2.49. The predicted octanol–water partition coefficient (Wildman–Crippen LogP) is 1.90. The SMILES string of the molecule is C[C@H](C(=O)NC[C@@H]1CC=CCC1)N1CCSCC1. The number of hydrogen-bond donors (Lipinski definition) is 1. The summed E-state index contributed by atoms with van der Waals surface area (Å²) < 4.78 is 0. The number of amides is 1. The molecule has 0 aromatic carbocycles. The van der Waals surface area contributed by atoms with Gasteiger partial charge in [-0.15, -0.1) is 0 Å². The predicted molar refractivity (Wildman–Crippen MR) is 77.9 cm³/mol. The highest BCUT2D eigenvalue weighted by Crippen LogP contribution is 2.17. The van der Waals surface area contributed by atoms with Crippen LogP contribution in [0.3, 0.4) is 0 Å². The van der Waals surface area contributed by atoms with Gasteiger partial charge in [-0.2, -0.15) is 11.8 Å². The maximum absolute atomic E-state index is 12.1. The van der Waals surface area contributed by atoms with Crippen LogP contribution in [-0.2, 0) is 4.79 Å². The van der Waals surface area contributed by atoms with Crippen LogP contribution < -0.4 is 5.32 Å². The highest BCUT2D eigenvalue weighted by Gasteiger charge is 2.23. The van der Waals surface area contributed by atoms with Gasteiger partial charge in [-0.25, -0.2) is 0 Å². The number of carbonyl (C=O) groups excluding carboxylic acids is 1. The number of nitrogens with one attached hydrogen (secondary N) is 1. The van der Waals surface area contributed by atoms with Gasteiger partial charge in [0.25, 0.3) is 0 Å². The van der Waals surface area contributed by atoms with E-state index in [1.54, 1.807) is 0 Å². The Morgan fingerprint density at radius 1 is 1.44 bits per heavy atom. The molecule has 0 aromatic rings. The zero-order valence-electron chi connectivity index (χ0n) is 11.2. The van der Waals surface area contributed by atoms with Gasteiger partial charge in [-0.1, -0.05) is 12.2 Å². The second kappa shape index (κ2) is 7.19. The van der Waals surface area contributed by atoms with Gasteiger partial charge in [0.2, 0.25) is 5.91 Å². The maximum Gasteiger partial charge on any atom is 0.237 e. The first kappa shape index (κ1) is 13.9. The summed E-state index contributed by atoms with van der Waals surface area (Å²) in [7, 11) is 0. The molecule has 1 amide bonds. The lowest BCUT2D eigenvalue weighted by Gasteiger charge is -2.31. The van der Waals surface area contributed by atoms with Crippen molar-refractivity contribution in [1.82, 2.24) is 10.2 Å². The summed E-state index contributed by atoms with van der Waals surface area (Å²) >= 11 is 1.98. The fourth-order valence-electron chi connectivity index (χ4n) is 2.56. The summed E-state index contributed by atoms with van der Waals surface area (Å²) in [6.45, 7) is 4.97. The van der Waals surface area contributed by atoms with E-state index in [9.17, 15) is 4.79 Å². The van der Waals surface area contributed by atoms with Crippen LogP contribution in [0.4, 0.5) is 0 Å². The summed E-state index contributed by atoms with van der Waals surface area (Å²) in [6, 6.07) is 0.0324. The molecule has 1 fully saturated rings. The van der Waals surface area contributed by atoms with E-state index < -0.39 is 0 Å². The molecular weight excluding hydrogens is 244 g/mol. The van der Waals surface area contributed by atoms with E-state index >= 15 is 0 Å². The highest BCUT2D eigenvalue weighted by molar-refractivity contribution is 7.99. The molecule has 0 saturated carbocycles. The van der Waals surface area contributed by atoms with Gasteiger partial charge in [-0.3, -0.25) is 9.69 Å². The standard InChI is InChI=1S/C14H24N2OS/c1-12(16-7-9-18-10-8-16)14(17)15-11-13-5-3-2-4-6-13/h2-3,12-13H,4-11H2,1H3,(H,15,17)/t12-,13-/m1/s1. The first-order valence-corrected chi connectivity index (χ1v) is 8.17. The number of nitrogens with zero attached hydrogens (tertiary/aromatic N) is 1. The van der Waals surface area contributed by atoms with Gasteiger partial charge in [0.15, 0.2) is 0 Å². The summed E-state index contributed by atoms with van der Waals surface area (Å²) in [6.07, 6.45) is 7.98. The van der Waals surface area contributed by atoms with Crippen molar-refractivity contribution < 1.29 is 4.79 Å². The van der Waals surface area contributed by atoms with E-state index in [2.05, 4.69) is 22.4 Å². The fraction of sp³-hybridized carbons (Fsp3) is 0.786. The van der Waals surface area contributed by atoms with Gasteiger partial charge in [0.1, 0.15) is 0 Å². The van der Waals surface area contributed by atoms with E-state index in [4.69, 9.17) is 0 Å². The van der Waals surface area contributed by atoms with Crippen LogP contribution in [0, 0.1) is 5.92 Å². The zero-order valence-corrected chi connectivity index (χ0v) is 12.0. The van der Waals surface area contributed by atoms with Crippen LogP contribution in [0.5, 0.6) is 0 Å². The smallest absolute Gasteiger partial charge is 0.237 e. The third-order valence-electron chi connectivity index (χ3n) is 3.92. The van der Waals surface area contributed by atoms with Crippen molar-refractivity contribution in [3.8, 4) is 0 Å². The van der Waals surface area contributed by atoms with Crippen molar-refractivity contribution in [2.75, 3.05) is 31.1 Å². The average Bonchev–Trinajstić information content (AvgIpc) is 2.46. The second-order valence-corrected chi connectivity index (χ2v) is 6.44. The lowest BCUT2D eigenvalue weighted by atomic mass is 9.94. The maximum atomic E-state index is 12.1. The molecule has 1 aliphatic heterocycles. The lowest BCUT2D eigenvalue weighted by molar-refractivity contribution is -0.126. The topological polar surface area (TPSA) is 32.3 Å². The van der Waals surface area contributed by atoms with Crippen LogP contribution in [0.15, 0.2) is 12.2 Å². The minimum Gasteiger partial charge on any atom is -0.354 e. The molecule has 0 unspecified atom stereocenters. The number of hydrogen-bond acceptors (Lipinski definition) is 3. The van der Waals surface area contributed by atoms with Crippen LogP contribution in [0.2, 0.25) is 0 Å². The molecule has 18 heavy (non-hydrogen) atoms. The molecule has 0 bridgehead atoms. The summed E-state index contributed by atoms with van der Waals surface area (Å²) in [5.74, 6) is 3.16. The minimum absolute atomic E-state index is 0.0324. The Morgan fingerprint density at radius 3 is 2.89 bits per heavy atom. The Bertz CT molecular complexity index is 300. The Hall–Kier alpha value is -0.480. The van der Waals surface area contributed by atoms with E-state index in [0.717, 1.165) is 37.6 Å². The minimum atomic E-state index is 0.0324. The molecule has 4 heteroatoms. The van der Waals surface area contributed by atoms with Crippen LogP contribution >= 0.6 is 11.8 Å². The molecule has 102 valence electrons. The first-order chi connectivity index (χ1) is 8.77. The van der Waals surface area contributed by atoms with Gasteiger partial charge in [-0.05, 0) is 32.1 Å². The Kier molecular flexibility index (Phi) is 5.57. The van der Waals surface area contributed by atoms with Gasteiger partial charge in [0, 0.05) is 31.1 Å². The van der Waals surface area contributed by atoms with Gasteiger partial charge >= 0.3 is 0 Å². The molecule has 2 aliphatic rings. The zero-order chi connectivity index (χ0) is 12.8. The third kappa shape index (κ3) is 4.02. The van der Waals surface area contributed by atoms with Crippen molar-refractivity contribution in [2.45, 2.75) is 32.2 Å². The Labute approximate surface area is 114 Å². The first-order valence-electron chi connectivity index (χ1n) is 7.02. The van der Waals surface area contributed by atoms with E-state index in [1.807, 2.05) is 18.7 Å². The normalized spacial score (nSPS) is 26.8. The van der Waals surface area contributed by atoms with Crippen molar-refractivity contribution in [3.63, 3.8) is 0 Å². The molecule has 0 spiro atoms. The van der Waals surface area contributed by atoms with E-state index in [0.29, 0.717) is 5.92 Å². The van der Waals surface area contributed by atoms with Crippen LogP contribution in [0.25, 0.3) is 0 Å². The molecule has 3 nitrogen and oxygen atoms in total. The molecule has 1 saturated heterocycles. The molecule has 0 radical (unpaired) electrons. The quantitative estimate of drug-likeness (QED) is 0.790. The average molecular weight is 268 g/mol. The van der Waals surface area contributed by atoms with Crippen molar-refractivity contribution in [1.29, 1.82) is 0 Å². The van der Waals surface area contributed by atoms with Gasteiger partial charge < -0.3 is 5.32 Å². The molecule has 2 atom stereocenters. The monoisotopic (exact) mass is 268 g/mol. The van der Waals surface area contributed by atoms with Crippen LogP contribution in [-0.4, -0.2) is 48.0 Å². The summed E-state index contributed by atoms with van der Waals surface area (Å²) in [4.78, 5) is 14.4.